The molecule has 0 fully saturated rings. The molecule has 1 atom stereocenters. The average molecular weight is 326 g/mol. The Hall–Kier alpha value is -3.29. The van der Waals surface area contributed by atoms with Gasteiger partial charge in [0.25, 0.3) is 5.69 Å². The third kappa shape index (κ3) is 2.94. The van der Waals surface area contributed by atoms with Crippen molar-refractivity contribution in [2.75, 3.05) is 0 Å². The normalized spacial score (nSPS) is 12.1. The summed E-state index contributed by atoms with van der Waals surface area (Å²) in [5.74, 6) is -0.527. The molecule has 0 bridgehead atoms. The quantitative estimate of drug-likeness (QED) is 0.415. The zero-order chi connectivity index (χ0) is 17.3. The second-order valence-electron chi connectivity index (χ2n) is 5.36. The van der Waals surface area contributed by atoms with Gasteiger partial charge in [0.05, 0.1) is 10.5 Å². The Labute approximate surface area is 136 Å². The van der Waals surface area contributed by atoms with Gasteiger partial charge >= 0.3 is 5.97 Å². The Morgan fingerprint density at radius 3 is 2.88 bits per heavy atom. The minimum Gasteiger partial charge on any atom is -0.454 e. The van der Waals surface area contributed by atoms with Crippen molar-refractivity contribution in [3.8, 4) is 0 Å². The van der Waals surface area contributed by atoms with Crippen molar-refractivity contribution in [3.05, 3.63) is 69.7 Å². The van der Waals surface area contributed by atoms with E-state index >= 15 is 0 Å². The van der Waals surface area contributed by atoms with E-state index in [-0.39, 0.29) is 5.69 Å². The van der Waals surface area contributed by atoms with E-state index in [1.54, 1.807) is 48.7 Å². The van der Waals surface area contributed by atoms with Crippen molar-refractivity contribution in [1.82, 2.24) is 14.6 Å². The molecule has 0 aliphatic heterocycles. The van der Waals surface area contributed by atoms with Crippen LogP contribution in [0.3, 0.4) is 0 Å². The maximum Gasteiger partial charge on any atom is 0.340 e. The molecule has 8 heteroatoms. The first-order valence-corrected chi connectivity index (χ1v) is 7.21. The van der Waals surface area contributed by atoms with Gasteiger partial charge in [-0.05, 0) is 31.5 Å². The fourth-order valence-electron chi connectivity index (χ4n) is 2.32. The van der Waals surface area contributed by atoms with E-state index in [0.29, 0.717) is 22.3 Å². The van der Waals surface area contributed by atoms with Crippen molar-refractivity contribution >= 4 is 17.3 Å². The van der Waals surface area contributed by atoms with Gasteiger partial charge in [-0.15, -0.1) is 10.2 Å². The van der Waals surface area contributed by atoms with Gasteiger partial charge in [-0.3, -0.25) is 14.5 Å². The Morgan fingerprint density at radius 2 is 2.12 bits per heavy atom. The topological polar surface area (TPSA) is 99.6 Å². The molecule has 0 amide bonds. The molecule has 2 heterocycles. The minimum absolute atomic E-state index is 0.00121. The summed E-state index contributed by atoms with van der Waals surface area (Å²) in [7, 11) is 0. The predicted molar refractivity (Wildman–Crippen MR) is 84.7 cm³/mol. The number of rotatable bonds is 4. The second kappa shape index (κ2) is 6.07. The van der Waals surface area contributed by atoms with Crippen LogP contribution in [0.1, 0.15) is 34.5 Å². The summed E-state index contributed by atoms with van der Waals surface area (Å²) in [4.78, 5) is 22.8. The molecule has 0 spiro atoms. The number of benzene rings is 1. The van der Waals surface area contributed by atoms with Gasteiger partial charge < -0.3 is 4.74 Å². The molecule has 0 saturated carbocycles. The predicted octanol–water partition coefficient (Wildman–Crippen LogP) is 2.86. The molecule has 2 aromatic heterocycles. The lowest BCUT2D eigenvalue weighted by molar-refractivity contribution is -0.385. The zero-order valence-electron chi connectivity index (χ0n) is 13.0. The van der Waals surface area contributed by atoms with Crippen molar-refractivity contribution < 1.29 is 14.5 Å². The van der Waals surface area contributed by atoms with Crippen LogP contribution in [-0.2, 0) is 4.74 Å². The lowest BCUT2D eigenvalue weighted by atomic mass is 10.1. The van der Waals surface area contributed by atoms with Crippen molar-refractivity contribution in [2.45, 2.75) is 20.0 Å². The van der Waals surface area contributed by atoms with Crippen molar-refractivity contribution in [3.63, 3.8) is 0 Å². The number of carbonyl (C=O) groups is 1. The molecule has 0 aliphatic rings. The summed E-state index contributed by atoms with van der Waals surface area (Å²) in [5, 5.41) is 18.6. The van der Waals surface area contributed by atoms with Crippen LogP contribution in [-0.4, -0.2) is 25.5 Å². The van der Waals surface area contributed by atoms with Crippen molar-refractivity contribution in [1.29, 1.82) is 0 Å². The third-order valence-electron chi connectivity index (χ3n) is 3.71. The molecule has 122 valence electrons. The smallest absolute Gasteiger partial charge is 0.340 e. The highest BCUT2D eigenvalue weighted by Crippen LogP contribution is 2.25. The molecule has 0 aliphatic carbocycles. The summed E-state index contributed by atoms with van der Waals surface area (Å²) in [6.07, 6.45) is 2.44. The summed E-state index contributed by atoms with van der Waals surface area (Å²) < 4.78 is 7.02. The SMILES string of the molecule is Cc1ccc(C(C)OC(=O)c2ccc3nncn3c2)cc1[N+](=O)[O-]. The van der Waals surface area contributed by atoms with Gasteiger partial charge in [0, 0.05) is 17.8 Å². The summed E-state index contributed by atoms with van der Waals surface area (Å²) in [5.41, 5.74) is 2.08. The Bertz CT molecular complexity index is 935. The third-order valence-corrected chi connectivity index (χ3v) is 3.71. The molecule has 3 aromatic rings. The number of ether oxygens (including phenoxy) is 1. The van der Waals surface area contributed by atoms with E-state index in [9.17, 15) is 14.9 Å². The van der Waals surface area contributed by atoms with Gasteiger partial charge in [0.2, 0.25) is 0 Å². The maximum absolute atomic E-state index is 12.3. The number of nitro groups is 1. The van der Waals surface area contributed by atoms with E-state index in [4.69, 9.17) is 4.74 Å². The number of nitrogens with zero attached hydrogens (tertiary/aromatic N) is 4. The number of esters is 1. The molecule has 8 nitrogen and oxygen atoms in total. The van der Waals surface area contributed by atoms with E-state index < -0.39 is 17.0 Å². The first kappa shape index (κ1) is 15.6. The average Bonchev–Trinajstić information content (AvgIpc) is 3.02. The Kier molecular flexibility index (Phi) is 3.95. The molecule has 1 aromatic carbocycles. The highest BCUT2D eigenvalue weighted by atomic mass is 16.6. The number of aromatic nitrogens is 3. The monoisotopic (exact) mass is 326 g/mol. The van der Waals surface area contributed by atoms with Gasteiger partial charge in [0.15, 0.2) is 5.65 Å². The summed E-state index contributed by atoms with van der Waals surface area (Å²) in [6, 6.07) is 8.03. The van der Waals surface area contributed by atoms with Crippen LogP contribution in [0, 0.1) is 17.0 Å². The first-order valence-electron chi connectivity index (χ1n) is 7.21. The van der Waals surface area contributed by atoms with Crippen LogP contribution in [0.5, 0.6) is 0 Å². The lowest BCUT2D eigenvalue weighted by Crippen LogP contribution is -2.10. The van der Waals surface area contributed by atoms with Crippen LogP contribution in [0.15, 0.2) is 42.9 Å². The molecule has 0 saturated heterocycles. The first-order chi connectivity index (χ1) is 11.5. The van der Waals surface area contributed by atoms with E-state index in [1.807, 2.05) is 0 Å². The van der Waals surface area contributed by atoms with E-state index in [1.165, 1.54) is 12.4 Å². The van der Waals surface area contributed by atoms with E-state index in [0.717, 1.165) is 0 Å². The largest absolute Gasteiger partial charge is 0.454 e. The standard InChI is InChI=1S/C16H14N4O4/c1-10-3-4-12(7-14(10)20(22)23)11(2)24-16(21)13-5-6-15-18-17-9-19(15)8-13/h3-9,11H,1-2H3. The Balaban J connectivity index is 1.80. The molecule has 3 rings (SSSR count). The molecular formula is C16H14N4O4. The highest BCUT2D eigenvalue weighted by molar-refractivity contribution is 5.89. The van der Waals surface area contributed by atoms with Crippen LogP contribution in [0.25, 0.3) is 5.65 Å². The molecule has 0 radical (unpaired) electrons. The fraction of sp³-hybridized carbons (Fsp3) is 0.188. The Morgan fingerprint density at radius 1 is 1.33 bits per heavy atom. The number of fused-ring (bicyclic) bond motifs is 1. The number of pyridine rings is 1. The van der Waals surface area contributed by atoms with Crippen molar-refractivity contribution in [2.24, 2.45) is 0 Å². The fourth-order valence-corrected chi connectivity index (χ4v) is 2.32. The highest BCUT2D eigenvalue weighted by Gasteiger charge is 2.18. The molecule has 1 unspecified atom stereocenters. The van der Waals surface area contributed by atoms with Crippen LogP contribution < -0.4 is 0 Å². The van der Waals surface area contributed by atoms with Gasteiger partial charge in [-0.2, -0.15) is 0 Å². The number of hydrogen-bond acceptors (Lipinski definition) is 6. The summed E-state index contributed by atoms with van der Waals surface area (Å²) in [6.45, 7) is 3.33. The maximum atomic E-state index is 12.3. The minimum atomic E-state index is -0.617. The van der Waals surface area contributed by atoms with Crippen LogP contribution in [0.4, 0.5) is 5.69 Å². The van der Waals surface area contributed by atoms with Gasteiger partial charge in [0.1, 0.15) is 12.4 Å². The number of carbonyl (C=O) groups excluding carboxylic acids is 1. The number of nitro benzene ring substituents is 1. The number of aryl methyl sites for hydroxylation is 1. The van der Waals surface area contributed by atoms with Crippen LogP contribution >= 0.6 is 0 Å². The zero-order valence-corrected chi connectivity index (χ0v) is 13.0. The molecule has 24 heavy (non-hydrogen) atoms. The van der Waals surface area contributed by atoms with Crippen LogP contribution in [0.2, 0.25) is 0 Å². The van der Waals surface area contributed by atoms with E-state index in [2.05, 4.69) is 10.2 Å². The lowest BCUT2D eigenvalue weighted by Gasteiger charge is -2.14. The summed E-state index contributed by atoms with van der Waals surface area (Å²) >= 11 is 0. The number of hydrogen-bond donors (Lipinski definition) is 0. The second-order valence-corrected chi connectivity index (χ2v) is 5.36. The van der Waals surface area contributed by atoms with Gasteiger partial charge in [-0.1, -0.05) is 12.1 Å². The molecular weight excluding hydrogens is 312 g/mol. The molecule has 0 N–H and O–H groups in total. The van der Waals surface area contributed by atoms with Gasteiger partial charge in [-0.25, -0.2) is 4.79 Å².